The van der Waals surface area contributed by atoms with E-state index in [1.54, 1.807) is 11.3 Å². The summed E-state index contributed by atoms with van der Waals surface area (Å²) in [6.07, 6.45) is 4.90. The van der Waals surface area contributed by atoms with Crippen molar-refractivity contribution in [2.75, 3.05) is 0 Å². The van der Waals surface area contributed by atoms with E-state index in [4.69, 9.17) is 0 Å². The Hall–Kier alpha value is -1.36. The Morgan fingerprint density at radius 3 is 2.60 bits per heavy atom. The van der Waals surface area contributed by atoms with E-state index in [2.05, 4.69) is 24.4 Å². The Kier molecular flexibility index (Phi) is 4.81. The molecule has 110 valence electrons. The van der Waals surface area contributed by atoms with Crippen molar-refractivity contribution in [1.29, 1.82) is 0 Å². The molecule has 1 amide bonds. The van der Waals surface area contributed by atoms with E-state index in [9.17, 15) is 14.7 Å². The van der Waals surface area contributed by atoms with Gasteiger partial charge in [-0.05, 0) is 44.7 Å². The van der Waals surface area contributed by atoms with E-state index in [1.165, 1.54) is 9.75 Å². The summed E-state index contributed by atoms with van der Waals surface area (Å²) in [6, 6.07) is 4.17. The summed E-state index contributed by atoms with van der Waals surface area (Å²) < 4.78 is 0. The van der Waals surface area contributed by atoms with E-state index in [0.29, 0.717) is 19.3 Å². The number of nitrogens with one attached hydrogen (secondary N) is 1. The Balaban J connectivity index is 1.78. The molecule has 0 spiro atoms. The van der Waals surface area contributed by atoms with E-state index in [-0.39, 0.29) is 5.91 Å². The van der Waals surface area contributed by atoms with Crippen molar-refractivity contribution in [2.45, 2.75) is 57.4 Å². The van der Waals surface area contributed by atoms with E-state index >= 15 is 0 Å². The van der Waals surface area contributed by atoms with Crippen molar-refractivity contribution in [3.63, 3.8) is 0 Å². The largest absolute Gasteiger partial charge is 0.480 e. The number of aryl methyl sites for hydroxylation is 2. The van der Waals surface area contributed by atoms with Crippen LogP contribution < -0.4 is 5.32 Å². The molecule has 4 nitrogen and oxygen atoms in total. The highest BCUT2D eigenvalue weighted by atomic mass is 32.1. The van der Waals surface area contributed by atoms with Gasteiger partial charge in [-0.15, -0.1) is 11.3 Å². The minimum atomic E-state index is -1.00. The fourth-order valence-electron chi connectivity index (χ4n) is 2.74. The van der Waals surface area contributed by atoms with Gasteiger partial charge in [-0.3, -0.25) is 4.79 Å². The van der Waals surface area contributed by atoms with Crippen LogP contribution in [0.4, 0.5) is 0 Å². The molecule has 0 radical (unpaired) electrons. The third kappa shape index (κ3) is 3.60. The topological polar surface area (TPSA) is 66.4 Å². The highest BCUT2D eigenvalue weighted by Crippen LogP contribution is 2.30. The lowest BCUT2D eigenvalue weighted by Gasteiger charge is -2.25. The number of amides is 1. The van der Waals surface area contributed by atoms with Gasteiger partial charge < -0.3 is 10.4 Å². The molecular weight excluding hydrogens is 274 g/mol. The number of hydrogen-bond donors (Lipinski definition) is 2. The third-order valence-electron chi connectivity index (χ3n) is 3.87. The number of carboxylic acid groups (broad SMARTS) is 1. The Labute approximate surface area is 123 Å². The van der Waals surface area contributed by atoms with Crippen LogP contribution in [0.15, 0.2) is 12.1 Å². The lowest BCUT2D eigenvalue weighted by Crippen LogP contribution is -2.52. The van der Waals surface area contributed by atoms with Crippen LogP contribution in [0.3, 0.4) is 0 Å². The number of carbonyl (C=O) groups is 2. The van der Waals surface area contributed by atoms with Gasteiger partial charge in [-0.2, -0.15) is 0 Å². The average molecular weight is 295 g/mol. The summed E-state index contributed by atoms with van der Waals surface area (Å²) in [5.74, 6) is -1.03. The van der Waals surface area contributed by atoms with Crippen molar-refractivity contribution in [1.82, 2.24) is 5.32 Å². The zero-order chi connectivity index (χ0) is 14.6. The monoisotopic (exact) mass is 295 g/mol. The molecule has 0 saturated heterocycles. The number of carboxylic acids is 1. The first-order chi connectivity index (χ1) is 9.52. The van der Waals surface area contributed by atoms with Crippen LogP contribution in [0, 0.1) is 6.92 Å². The van der Waals surface area contributed by atoms with Gasteiger partial charge in [0.05, 0.1) is 0 Å². The average Bonchev–Trinajstić information content (AvgIpc) is 2.99. The molecule has 5 heteroatoms. The molecule has 0 bridgehead atoms. The molecule has 1 aliphatic carbocycles. The number of thiophene rings is 1. The summed E-state index contributed by atoms with van der Waals surface area (Å²) in [5.41, 5.74) is -1.00. The van der Waals surface area contributed by atoms with Gasteiger partial charge in [0, 0.05) is 16.2 Å². The van der Waals surface area contributed by atoms with Gasteiger partial charge in [-0.25, -0.2) is 4.79 Å². The quantitative estimate of drug-likeness (QED) is 0.848. The van der Waals surface area contributed by atoms with Crippen molar-refractivity contribution < 1.29 is 14.7 Å². The van der Waals surface area contributed by atoms with Crippen LogP contribution in [0.2, 0.25) is 0 Å². The number of hydrogen-bond acceptors (Lipinski definition) is 3. The summed E-state index contributed by atoms with van der Waals surface area (Å²) in [5, 5.41) is 12.1. The molecule has 0 aromatic carbocycles. The van der Waals surface area contributed by atoms with Crippen molar-refractivity contribution in [2.24, 2.45) is 0 Å². The number of rotatable bonds is 6. The van der Waals surface area contributed by atoms with E-state index in [1.807, 2.05) is 0 Å². The predicted octanol–water partition coefficient (Wildman–Crippen LogP) is 2.89. The summed E-state index contributed by atoms with van der Waals surface area (Å²) in [7, 11) is 0. The first-order valence-corrected chi connectivity index (χ1v) is 7.93. The van der Waals surface area contributed by atoms with Crippen LogP contribution in [0.1, 0.15) is 48.3 Å². The van der Waals surface area contributed by atoms with Gasteiger partial charge in [0.2, 0.25) is 5.91 Å². The molecule has 0 aliphatic heterocycles. The Bertz CT molecular complexity index is 489. The molecule has 2 N–H and O–H groups in total. The predicted molar refractivity (Wildman–Crippen MR) is 79.0 cm³/mol. The van der Waals surface area contributed by atoms with Crippen LogP contribution in [-0.2, 0) is 16.0 Å². The minimum absolute atomic E-state index is 0.137. The zero-order valence-corrected chi connectivity index (χ0v) is 12.6. The second-order valence-corrected chi connectivity index (χ2v) is 6.88. The molecule has 1 aromatic rings. The molecule has 1 aliphatic rings. The summed E-state index contributed by atoms with van der Waals surface area (Å²) in [4.78, 5) is 25.8. The molecule has 1 fully saturated rings. The highest BCUT2D eigenvalue weighted by Gasteiger charge is 2.42. The second kappa shape index (κ2) is 6.39. The van der Waals surface area contributed by atoms with Crippen molar-refractivity contribution in [3.8, 4) is 0 Å². The molecule has 2 rings (SSSR count). The summed E-state index contributed by atoms with van der Waals surface area (Å²) >= 11 is 1.75. The van der Waals surface area contributed by atoms with Crippen LogP contribution in [0.5, 0.6) is 0 Å². The third-order valence-corrected chi connectivity index (χ3v) is 4.93. The van der Waals surface area contributed by atoms with E-state index in [0.717, 1.165) is 25.7 Å². The SMILES string of the molecule is Cc1ccc(CCCC(=O)NC2(C(=O)O)CCCC2)s1. The molecule has 0 unspecified atom stereocenters. The van der Waals surface area contributed by atoms with Crippen LogP contribution in [-0.4, -0.2) is 22.5 Å². The van der Waals surface area contributed by atoms with Crippen molar-refractivity contribution >= 4 is 23.2 Å². The van der Waals surface area contributed by atoms with Crippen LogP contribution in [0.25, 0.3) is 0 Å². The Morgan fingerprint density at radius 2 is 2.05 bits per heavy atom. The number of carbonyl (C=O) groups excluding carboxylic acids is 1. The fourth-order valence-corrected chi connectivity index (χ4v) is 3.68. The fraction of sp³-hybridized carbons (Fsp3) is 0.600. The summed E-state index contributed by atoms with van der Waals surface area (Å²) in [6.45, 7) is 2.07. The van der Waals surface area contributed by atoms with Crippen LogP contribution >= 0.6 is 11.3 Å². The molecule has 0 atom stereocenters. The lowest BCUT2D eigenvalue weighted by molar-refractivity contribution is -0.147. The van der Waals surface area contributed by atoms with Gasteiger partial charge in [0.25, 0.3) is 0 Å². The van der Waals surface area contributed by atoms with Gasteiger partial charge in [-0.1, -0.05) is 12.8 Å². The number of aliphatic carboxylic acids is 1. The van der Waals surface area contributed by atoms with Gasteiger partial charge >= 0.3 is 5.97 Å². The first-order valence-electron chi connectivity index (χ1n) is 7.12. The van der Waals surface area contributed by atoms with Gasteiger partial charge in [0.1, 0.15) is 5.54 Å². The molecule has 1 heterocycles. The Morgan fingerprint density at radius 1 is 1.35 bits per heavy atom. The molecule has 1 saturated carbocycles. The minimum Gasteiger partial charge on any atom is -0.480 e. The highest BCUT2D eigenvalue weighted by molar-refractivity contribution is 7.11. The van der Waals surface area contributed by atoms with Crippen molar-refractivity contribution in [3.05, 3.63) is 21.9 Å². The maximum Gasteiger partial charge on any atom is 0.329 e. The second-order valence-electron chi connectivity index (χ2n) is 5.51. The molecule has 20 heavy (non-hydrogen) atoms. The normalized spacial score (nSPS) is 17.1. The standard InChI is InChI=1S/C15H21NO3S/c1-11-7-8-12(20-11)5-4-6-13(17)16-15(14(18)19)9-2-3-10-15/h7-8H,2-6,9-10H2,1H3,(H,16,17)(H,18,19). The maximum atomic E-state index is 11.9. The molecule has 1 aromatic heterocycles. The molecular formula is C15H21NO3S. The zero-order valence-electron chi connectivity index (χ0n) is 11.8. The van der Waals surface area contributed by atoms with Gasteiger partial charge in [0.15, 0.2) is 0 Å². The maximum absolute atomic E-state index is 11.9. The smallest absolute Gasteiger partial charge is 0.329 e. The first kappa shape index (κ1) is 15.0. The van der Waals surface area contributed by atoms with E-state index < -0.39 is 11.5 Å². The lowest BCUT2D eigenvalue weighted by atomic mass is 9.97.